The molecule has 0 bridgehead atoms. The number of rotatable bonds is 2. The van der Waals surface area contributed by atoms with Gasteiger partial charge in [-0.1, -0.05) is 11.6 Å². The molecular weight excluding hydrogens is 212 g/mol. The van der Waals surface area contributed by atoms with Crippen LogP contribution in [-0.2, 0) is 0 Å². The summed E-state index contributed by atoms with van der Waals surface area (Å²) in [7, 11) is 0. The van der Waals surface area contributed by atoms with Crippen molar-refractivity contribution in [2.75, 3.05) is 24.5 Å². The molecule has 0 aromatic carbocycles. The van der Waals surface area contributed by atoms with Gasteiger partial charge < -0.3 is 10.6 Å². The van der Waals surface area contributed by atoms with Crippen LogP contribution in [0.2, 0.25) is 5.15 Å². The molecule has 1 fully saturated rings. The normalized spacial score (nSPS) is 21.7. The number of anilines is 1. The molecule has 5 heteroatoms. The van der Waals surface area contributed by atoms with E-state index in [4.69, 9.17) is 17.3 Å². The van der Waals surface area contributed by atoms with Gasteiger partial charge in [-0.3, -0.25) is 0 Å². The van der Waals surface area contributed by atoms with Gasteiger partial charge in [-0.05, 0) is 25.3 Å². The lowest BCUT2D eigenvalue weighted by Gasteiger charge is -2.33. The first kappa shape index (κ1) is 10.6. The lowest BCUT2D eigenvalue weighted by Crippen LogP contribution is -2.39. The van der Waals surface area contributed by atoms with Gasteiger partial charge in [0.05, 0.1) is 0 Å². The third-order valence-electron chi connectivity index (χ3n) is 2.79. The Balaban J connectivity index is 2.13. The third kappa shape index (κ3) is 2.38. The van der Waals surface area contributed by atoms with Crippen LogP contribution in [0.4, 0.5) is 5.82 Å². The summed E-state index contributed by atoms with van der Waals surface area (Å²) in [5.41, 5.74) is 5.69. The lowest BCUT2D eigenvalue weighted by atomic mass is 9.98. The molecule has 1 aromatic heterocycles. The SMILES string of the molecule is NC[C@@H]1CCCN(c2nccnc2Cl)C1. The van der Waals surface area contributed by atoms with Crippen molar-refractivity contribution in [1.82, 2.24) is 9.97 Å². The smallest absolute Gasteiger partial charge is 0.171 e. The Morgan fingerprint density at radius 2 is 2.27 bits per heavy atom. The molecule has 15 heavy (non-hydrogen) atoms. The van der Waals surface area contributed by atoms with Gasteiger partial charge in [-0.2, -0.15) is 0 Å². The Bertz CT molecular complexity index is 331. The molecule has 1 atom stereocenters. The monoisotopic (exact) mass is 226 g/mol. The summed E-state index contributed by atoms with van der Waals surface area (Å²) in [6.07, 6.45) is 5.63. The van der Waals surface area contributed by atoms with Crippen molar-refractivity contribution in [3.8, 4) is 0 Å². The van der Waals surface area contributed by atoms with E-state index in [-0.39, 0.29) is 0 Å². The van der Waals surface area contributed by atoms with Gasteiger partial charge in [0.15, 0.2) is 11.0 Å². The van der Waals surface area contributed by atoms with Crippen LogP contribution >= 0.6 is 11.6 Å². The van der Waals surface area contributed by atoms with Gasteiger partial charge in [0, 0.05) is 25.5 Å². The van der Waals surface area contributed by atoms with Crippen LogP contribution < -0.4 is 10.6 Å². The average molecular weight is 227 g/mol. The molecule has 0 amide bonds. The summed E-state index contributed by atoms with van der Waals surface area (Å²) in [5.74, 6) is 1.34. The van der Waals surface area contributed by atoms with E-state index < -0.39 is 0 Å². The Morgan fingerprint density at radius 3 is 3.00 bits per heavy atom. The molecule has 1 aliphatic heterocycles. The van der Waals surface area contributed by atoms with E-state index in [1.165, 1.54) is 6.42 Å². The number of hydrogen-bond donors (Lipinski definition) is 1. The van der Waals surface area contributed by atoms with Crippen molar-refractivity contribution in [2.45, 2.75) is 12.8 Å². The molecular formula is C10H15ClN4. The number of piperidine rings is 1. The molecule has 1 saturated heterocycles. The van der Waals surface area contributed by atoms with Crippen molar-refractivity contribution in [2.24, 2.45) is 11.7 Å². The molecule has 2 heterocycles. The summed E-state index contributed by atoms with van der Waals surface area (Å²) >= 11 is 6.00. The molecule has 1 aliphatic rings. The lowest BCUT2D eigenvalue weighted by molar-refractivity contribution is 0.421. The second kappa shape index (κ2) is 4.77. The van der Waals surface area contributed by atoms with E-state index in [1.807, 2.05) is 0 Å². The highest BCUT2D eigenvalue weighted by Crippen LogP contribution is 2.25. The summed E-state index contributed by atoms with van der Waals surface area (Å²) in [6, 6.07) is 0. The van der Waals surface area contributed by atoms with Gasteiger partial charge in [-0.25, -0.2) is 9.97 Å². The zero-order valence-corrected chi connectivity index (χ0v) is 9.32. The van der Waals surface area contributed by atoms with Gasteiger partial charge in [-0.15, -0.1) is 0 Å². The maximum Gasteiger partial charge on any atom is 0.171 e. The zero-order chi connectivity index (χ0) is 10.7. The molecule has 0 unspecified atom stereocenters. The fourth-order valence-corrected chi connectivity index (χ4v) is 2.20. The summed E-state index contributed by atoms with van der Waals surface area (Å²) in [6.45, 7) is 2.66. The Labute approximate surface area is 94.5 Å². The standard InChI is InChI=1S/C10H15ClN4/c11-9-10(14-4-3-13-9)15-5-1-2-8(6-12)7-15/h3-4,8H,1-2,5-7,12H2/t8-/m0/s1. The van der Waals surface area contributed by atoms with Crippen molar-refractivity contribution in [3.63, 3.8) is 0 Å². The fourth-order valence-electron chi connectivity index (χ4n) is 1.98. The van der Waals surface area contributed by atoms with E-state index in [0.29, 0.717) is 11.1 Å². The number of aromatic nitrogens is 2. The van der Waals surface area contributed by atoms with E-state index in [1.54, 1.807) is 12.4 Å². The van der Waals surface area contributed by atoms with E-state index >= 15 is 0 Å². The Hall–Kier alpha value is -0.870. The van der Waals surface area contributed by atoms with Crippen LogP contribution in [0.5, 0.6) is 0 Å². The number of halogens is 1. The van der Waals surface area contributed by atoms with Crippen molar-refractivity contribution in [3.05, 3.63) is 17.5 Å². The number of hydrogen-bond acceptors (Lipinski definition) is 4. The highest BCUT2D eigenvalue weighted by atomic mass is 35.5. The molecule has 0 saturated carbocycles. The first-order chi connectivity index (χ1) is 7.31. The average Bonchev–Trinajstić information content (AvgIpc) is 2.30. The molecule has 2 rings (SSSR count). The minimum absolute atomic E-state index is 0.482. The highest BCUT2D eigenvalue weighted by Gasteiger charge is 2.21. The van der Waals surface area contributed by atoms with Crippen LogP contribution in [0.1, 0.15) is 12.8 Å². The maximum atomic E-state index is 6.00. The van der Waals surface area contributed by atoms with Crippen molar-refractivity contribution in [1.29, 1.82) is 0 Å². The molecule has 0 aliphatic carbocycles. The molecule has 0 radical (unpaired) electrons. The van der Waals surface area contributed by atoms with E-state index in [2.05, 4.69) is 14.9 Å². The summed E-state index contributed by atoms with van der Waals surface area (Å²) in [4.78, 5) is 10.5. The second-order valence-electron chi connectivity index (χ2n) is 3.86. The second-order valence-corrected chi connectivity index (χ2v) is 4.22. The maximum absolute atomic E-state index is 6.00. The van der Waals surface area contributed by atoms with Crippen LogP contribution in [-0.4, -0.2) is 29.6 Å². The van der Waals surface area contributed by atoms with Gasteiger partial charge >= 0.3 is 0 Å². The Kier molecular flexibility index (Phi) is 3.38. The Morgan fingerprint density at radius 1 is 1.47 bits per heavy atom. The predicted octanol–water partition coefficient (Wildman–Crippen LogP) is 1.31. The number of nitrogens with two attached hydrogens (primary N) is 1. The quantitative estimate of drug-likeness (QED) is 0.826. The molecule has 82 valence electrons. The molecule has 4 nitrogen and oxygen atoms in total. The van der Waals surface area contributed by atoms with E-state index in [9.17, 15) is 0 Å². The zero-order valence-electron chi connectivity index (χ0n) is 8.56. The van der Waals surface area contributed by atoms with Crippen molar-refractivity contribution < 1.29 is 0 Å². The molecule has 0 spiro atoms. The largest absolute Gasteiger partial charge is 0.354 e. The first-order valence-electron chi connectivity index (χ1n) is 5.22. The van der Waals surface area contributed by atoms with Crippen LogP contribution in [0, 0.1) is 5.92 Å². The molecule has 2 N–H and O–H groups in total. The predicted molar refractivity (Wildman–Crippen MR) is 61.0 cm³/mol. The summed E-state index contributed by atoms with van der Waals surface area (Å²) < 4.78 is 0. The molecule has 1 aromatic rings. The minimum atomic E-state index is 0.482. The topological polar surface area (TPSA) is 55.0 Å². The van der Waals surface area contributed by atoms with Crippen LogP contribution in [0.25, 0.3) is 0 Å². The minimum Gasteiger partial charge on any atom is -0.354 e. The van der Waals surface area contributed by atoms with E-state index in [0.717, 1.165) is 31.9 Å². The third-order valence-corrected chi connectivity index (χ3v) is 3.05. The van der Waals surface area contributed by atoms with Gasteiger partial charge in [0.1, 0.15) is 0 Å². The van der Waals surface area contributed by atoms with Crippen LogP contribution in [0.3, 0.4) is 0 Å². The van der Waals surface area contributed by atoms with Crippen LogP contribution in [0.15, 0.2) is 12.4 Å². The number of nitrogens with zero attached hydrogens (tertiary/aromatic N) is 3. The summed E-state index contributed by atoms with van der Waals surface area (Å²) in [5, 5.41) is 0.482. The van der Waals surface area contributed by atoms with Crippen molar-refractivity contribution >= 4 is 17.4 Å². The van der Waals surface area contributed by atoms with Gasteiger partial charge in [0.2, 0.25) is 0 Å². The fraction of sp³-hybridized carbons (Fsp3) is 0.600. The first-order valence-corrected chi connectivity index (χ1v) is 5.60. The highest BCUT2D eigenvalue weighted by molar-refractivity contribution is 6.31. The van der Waals surface area contributed by atoms with Gasteiger partial charge in [0.25, 0.3) is 0 Å².